The molecule has 0 amide bonds. The molecule has 0 radical (unpaired) electrons. The third kappa shape index (κ3) is 2.51. The molecule has 2 bridgehead atoms. The van der Waals surface area contributed by atoms with Gasteiger partial charge in [-0.1, -0.05) is 12.2 Å². The number of carbonyl (C=O) groups is 1. The fraction of sp³-hybridized carbons (Fsp3) is 0.750. The van der Waals surface area contributed by atoms with Crippen LogP contribution in [0, 0.1) is 17.8 Å². The van der Waals surface area contributed by atoms with Gasteiger partial charge in [-0.2, -0.15) is 26.3 Å². The van der Waals surface area contributed by atoms with Crippen LogP contribution in [-0.2, 0) is 9.53 Å². The fourth-order valence-electron chi connectivity index (χ4n) is 3.28. The van der Waals surface area contributed by atoms with Crippen LogP contribution in [0.2, 0.25) is 0 Å². The number of ether oxygens (including phenoxy) is 1. The lowest BCUT2D eigenvalue weighted by Gasteiger charge is -2.43. The van der Waals surface area contributed by atoms with Gasteiger partial charge in [-0.05, 0) is 24.7 Å². The summed E-state index contributed by atoms with van der Waals surface area (Å²) < 4.78 is 83.4. The SMILES string of the molecule is O=C(O)COC(C1CC2C=CC1C2)(C(F)(F)F)C(F)(F)F. The van der Waals surface area contributed by atoms with Crippen molar-refractivity contribution in [1.82, 2.24) is 0 Å². The molecule has 1 saturated carbocycles. The van der Waals surface area contributed by atoms with Crippen LogP contribution in [-0.4, -0.2) is 35.6 Å². The summed E-state index contributed by atoms with van der Waals surface area (Å²) in [5.74, 6) is -5.00. The van der Waals surface area contributed by atoms with E-state index >= 15 is 0 Å². The largest absolute Gasteiger partial charge is 0.480 e. The molecule has 3 unspecified atom stereocenters. The number of aliphatic carboxylic acids is 1. The number of hydrogen-bond donors (Lipinski definition) is 1. The first-order chi connectivity index (χ1) is 9.49. The van der Waals surface area contributed by atoms with Gasteiger partial charge < -0.3 is 9.84 Å². The Bertz CT molecular complexity index is 439. The molecule has 3 nitrogen and oxygen atoms in total. The highest BCUT2D eigenvalue weighted by molar-refractivity contribution is 5.68. The Labute approximate surface area is 115 Å². The Balaban J connectivity index is 2.45. The van der Waals surface area contributed by atoms with Gasteiger partial charge in [0.1, 0.15) is 6.61 Å². The number of rotatable bonds is 4. The van der Waals surface area contributed by atoms with Gasteiger partial charge >= 0.3 is 18.3 Å². The van der Waals surface area contributed by atoms with Crippen LogP contribution < -0.4 is 0 Å². The first-order valence-corrected chi connectivity index (χ1v) is 6.16. The Morgan fingerprint density at radius 3 is 2.00 bits per heavy atom. The number of carboxylic acids is 1. The molecule has 2 aliphatic carbocycles. The standard InChI is InChI=1S/C12H12F6O3/c13-11(14,15)10(12(16,17)18,21-5-9(19)20)8-4-6-1-2-7(8)3-6/h1-2,6-8H,3-5H2,(H,19,20). The molecule has 1 fully saturated rings. The third-order valence-corrected chi connectivity index (χ3v) is 4.07. The van der Waals surface area contributed by atoms with Crippen molar-refractivity contribution in [2.24, 2.45) is 17.8 Å². The maximum absolute atomic E-state index is 13.2. The molecule has 0 aromatic heterocycles. The second kappa shape index (κ2) is 4.89. The van der Waals surface area contributed by atoms with Gasteiger partial charge in [-0.15, -0.1) is 0 Å². The average Bonchev–Trinajstić information content (AvgIpc) is 2.87. The predicted molar refractivity (Wildman–Crippen MR) is 57.3 cm³/mol. The first-order valence-electron chi connectivity index (χ1n) is 6.16. The van der Waals surface area contributed by atoms with Gasteiger partial charge in [-0.25, -0.2) is 4.79 Å². The van der Waals surface area contributed by atoms with Crippen molar-refractivity contribution in [3.8, 4) is 0 Å². The summed E-state index contributed by atoms with van der Waals surface area (Å²) in [6.45, 7) is -1.66. The van der Waals surface area contributed by atoms with Crippen LogP contribution in [0.4, 0.5) is 26.3 Å². The van der Waals surface area contributed by atoms with Crippen LogP contribution in [0.5, 0.6) is 0 Å². The zero-order valence-electron chi connectivity index (χ0n) is 10.5. The molecule has 120 valence electrons. The Morgan fingerprint density at radius 1 is 1.10 bits per heavy atom. The van der Waals surface area contributed by atoms with E-state index in [0.29, 0.717) is 0 Å². The Hall–Kier alpha value is -1.25. The van der Waals surface area contributed by atoms with Gasteiger partial charge in [0, 0.05) is 5.92 Å². The lowest BCUT2D eigenvalue weighted by molar-refractivity contribution is -0.398. The molecule has 0 aromatic carbocycles. The highest BCUT2D eigenvalue weighted by Crippen LogP contribution is 2.59. The molecule has 9 heteroatoms. The maximum atomic E-state index is 13.2. The van der Waals surface area contributed by atoms with Crippen LogP contribution >= 0.6 is 0 Å². The van der Waals surface area contributed by atoms with Crippen molar-refractivity contribution < 1.29 is 41.0 Å². The molecule has 0 aromatic rings. The summed E-state index contributed by atoms with van der Waals surface area (Å²) >= 11 is 0. The summed E-state index contributed by atoms with van der Waals surface area (Å²) in [6.07, 6.45) is -8.69. The van der Waals surface area contributed by atoms with Crippen molar-refractivity contribution in [3.05, 3.63) is 12.2 Å². The molecule has 3 atom stereocenters. The third-order valence-electron chi connectivity index (χ3n) is 4.07. The van der Waals surface area contributed by atoms with Gasteiger partial charge in [0.15, 0.2) is 0 Å². The van der Waals surface area contributed by atoms with Crippen molar-refractivity contribution in [1.29, 1.82) is 0 Å². The maximum Gasteiger partial charge on any atom is 0.426 e. The lowest BCUT2D eigenvalue weighted by Crippen LogP contribution is -2.64. The second-order valence-electron chi connectivity index (χ2n) is 5.30. The predicted octanol–water partition coefficient (Wildman–Crippen LogP) is 3.16. The monoisotopic (exact) mass is 318 g/mol. The quantitative estimate of drug-likeness (QED) is 0.640. The minimum Gasteiger partial charge on any atom is -0.480 e. The van der Waals surface area contributed by atoms with Gasteiger partial charge in [0.2, 0.25) is 0 Å². The molecule has 0 saturated heterocycles. The van der Waals surface area contributed by atoms with Gasteiger partial charge in [0.05, 0.1) is 0 Å². The summed E-state index contributed by atoms with van der Waals surface area (Å²) in [4.78, 5) is 10.4. The average molecular weight is 318 g/mol. The molecule has 1 N–H and O–H groups in total. The van der Waals surface area contributed by atoms with Gasteiger partial charge in [0.25, 0.3) is 5.60 Å². The van der Waals surface area contributed by atoms with E-state index in [1.54, 1.807) is 6.08 Å². The van der Waals surface area contributed by atoms with Crippen molar-refractivity contribution in [3.63, 3.8) is 0 Å². The normalized spacial score (nSPS) is 29.1. The molecular weight excluding hydrogens is 306 g/mol. The van der Waals surface area contributed by atoms with Gasteiger partial charge in [-0.3, -0.25) is 0 Å². The molecule has 0 spiro atoms. The molecule has 0 aliphatic heterocycles. The molecular formula is C12H12F6O3. The van der Waals surface area contributed by atoms with E-state index in [-0.39, 0.29) is 18.8 Å². The van der Waals surface area contributed by atoms with Crippen LogP contribution in [0.1, 0.15) is 12.8 Å². The number of fused-ring (bicyclic) bond motifs is 2. The van der Waals surface area contributed by atoms with Crippen LogP contribution in [0.25, 0.3) is 0 Å². The number of halogens is 6. The fourth-order valence-corrected chi connectivity index (χ4v) is 3.28. The number of allylic oxidation sites excluding steroid dienone is 2. The van der Waals surface area contributed by atoms with E-state index in [4.69, 9.17) is 5.11 Å². The van der Waals surface area contributed by atoms with Crippen molar-refractivity contribution >= 4 is 5.97 Å². The Kier molecular flexibility index (Phi) is 3.76. The van der Waals surface area contributed by atoms with E-state index in [1.807, 2.05) is 0 Å². The van der Waals surface area contributed by atoms with E-state index in [0.717, 1.165) is 0 Å². The molecule has 0 heterocycles. The smallest absolute Gasteiger partial charge is 0.426 e. The minimum atomic E-state index is -5.75. The van der Waals surface area contributed by atoms with E-state index in [9.17, 15) is 31.1 Å². The minimum absolute atomic E-state index is 0.203. The van der Waals surface area contributed by atoms with Crippen molar-refractivity contribution in [2.75, 3.05) is 6.61 Å². The molecule has 2 rings (SSSR count). The van der Waals surface area contributed by atoms with Crippen molar-refractivity contribution in [2.45, 2.75) is 30.8 Å². The summed E-state index contributed by atoms with van der Waals surface area (Å²) in [5.41, 5.74) is -4.44. The lowest BCUT2D eigenvalue weighted by atomic mass is 9.77. The van der Waals surface area contributed by atoms with E-state index in [2.05, 4.69) is 4.74 Å². The number of carboxylic acid groups (broad SMARTS) is 1. The van der Waals surface area contributed by atoms with Crippen LogP contribution in [0.15, 0.2) is 12.2 Å². The molecule has 2 aliphatic rings. The number of hydrogen-bond acceptors (Lipinski definition) is 2. The zero-order chi connectivity index (χ0) is 16.1. The molecule has 21 heavy (non-hydrogen) atoms. The topological polar surface area (TPSA) is 46.5 Å². The number of alkyl halides is 6. The first kappa shape index (κ1) is 16.1. The zero-order valence-corrected chi connectivity index (χ0v) is 10.5. The van der Waals surface area contributed by atoms with E-state index in [1.165, 1.54) is 6.08 Å². The summed E-state index contributed by atoms with van der Waals surface area (Å²) in [7, 11) is 0. The second-order valence-corrected chi connectivity index (χ2v) is 5.30. The Morgan fingerprint density at radius 2 is 1.67 bits per heavy atom. The summed E-state index contributed by atoms with van der Waals surface area (Å²) in [5, 5.41) is 8.41. The highest BCUT2D eigenvalue weighted by atomic mass is 19.4. The highest BCUT2D eigenvalue weighted by Gasteiger charge is 2.77. The van der Waals surface area contributed by atoms with E-state index < -0.39 is 42.4 Å². The van der Waals surface area contributed by atoms with Crippen LogP contribution in [0.3, 0.4) is 0 Å². The summed E-state index contributed by atoms with van der Waals surface area (Å²) in [6, 6.07) is 0.